The normalized spacial score (nSPS) is 11.2. The van der Waals surface area contributed by atoms with Gasteiger partial charge in [-0.1, -0.05) is 53.7 Å². The van der Waals surface area contributed by atoms with Crippen molar-refractivity contribution in [2.45, 2.75) is 24.3 Å². The number of rotatable bonds is 5. The number of aromatic nitrogens is 3. The number of hydrogen-bond donors (Lipinski definition) is 0. The molecule has 4 rings (SSSR count). The molecule has 4 aromatic rings. The third kappa shape index (κ3) is 3.84. The van der Waals surface area contributed by atoms with Crippen molar-refractivity contribution in [3.8, 4) is 0 Å². The van der Waals surface area contributed by atoms with Gasteiger partial charge in [0.25, 0.3) is 0 Å². The molecule has 2 aromatic carbocycles. The van der Waals surface area contributed by atoms with E-state index >= 15 is 0 Å². The van der Waals surface area contributed by atoms with Crippen LogP contribution in [0.4, 0.5) is 0 Å². The first-order valence-electron chi connectivity index (χ1n) is 8.79. The lowest BCUT2D eigenvalue weighted by Gasteiger charge is -2.08. The average Bonchev–Trinajstić information content (AvgIpc) is 3.02. The molecule has 0 N–H and O–H groups in total. The first-order valence-corrected chi connectivity index (χ1v) is 10.2. The van der Waals surface area contributed by atoms with Gasteiger partial charge >= 0.3 is 5.63 Å². The van der Waals surface area contributed by atoms with E-state index < -0.39 is 0 Å². The number of thioether (sulfide) groups is 1. The van der Waals surface area contributed by atoms with Crippen LogP contribution in [0.15, 0.2) is 62.9 Å². The number of hydrogen-bond acceptors (Lipinski definition) is 5. The summed E-state index contributed by atoms with van der Waals surface area (Å²) in [4.78, 5) is 11.9. The zero-order chi connectivity index (χ0) is 19.7. The summed E-state index contributed by atoms with van der Waals surface area (Å²) in [6.07, 6.45) is 0.720. The van der Waals surface area contributed by atoms with E-state index in [0.717, 1.165) is 33.9 Å². The highest BCUT2D eigenvalue weighted by atomic mass is 35.5. The molecular weight excluding hydrogens is 394 g/mol. The van der Waals surface area contributed by atoms with Crippen LogP contribution in [0.2, 0.25) is 5.02 Å². The summed E-state index contributed by atoms with van der Waals surface area (Å²) in [7, 11) is 1.96. The maximum atomic E-state index is 11.9. The van der Waals surface area contributed by atoms with E-state index in [1.165, 1.54) is 23.4 Å². The van der Waals surface area contributed by atoms with E-state index in [4.69, 9.17) is 16.0 Å². The van der Waals surface area contributed by atoms with Crippen LogP contribution >= 0.6 is 23.4 Å². The van der Waals surface area contributed by atoms with Crippen LogP contribution in [0.25, 0.3) is 11.0 Å². The van der Waals surface area contributed by atoms with E-state index in [0.29, 0.717) is 16.4 Å². The van der Waals surface area contributed by atoms with Gasteiger partial charge in [0.05, 0.1) is 0 Å². The number of halogens is 1. The molecule has 0 atom stereocenters. The minimum absolute atomic E-state index is 0.368. The highest BCUT2D eigenvalue weighted by Crippen LogP contribution is 2.29. The minimum Gasteiger partial charge on any atom is -0.423 e. The maximum absolute atomic E-state index is 11.9. The van der Waals surface area contributed by atoms with Crippen LogP contribution in [-0.2, 0) is 19.2 Å². The SMILES string of the molecule is Cc1cc2oc(=O)cc(CSc3nnc(Cc4ccccc4)n3C)c2cc1Cl. The second-order valence-electron chi connectivity index (χ2n) is 6.60. The average molecular weight is 412 g/mol. The summed E-state index contributed by atoms with van der Waals surface area (Å²) >= 11 is 7.80. The van der Waals surface area contributed by atoms with Gasteiger partial charge in [0.15, 0.2) is 5.16 Å². The van der Waals surface area contributed by atoms with Crippen molar-refractivity contribution in [3.63, 3.8) is 0 Å². The highest BCUT2D eigenvalue weighted by Gasteiger charge is 2.13. The fourth-order valence-electron chi connectivity index (χ4n) is 3.01. The van der Waals surface area contributed by atoms with Gasteiger partial charge in [-0.3, -0.25) is 0 Å². The molecule has 7 heteroatoms. The molecule has 0 amide bonds. The lowest BCUT2D eigenvalue weighted by molar-refractivity contribution is 0.559. The van der Waals surface area contributed by atoms with Gasteiger partial charge < -0.3 is 8.98 Å². The molecule has 0 radical (unpaired) electrons. The van der Waals surface area contributed by atoms with Gasteiger partial charge in [0, 0.05) is 35.7 Å². The Labute approximate surface area is 171 Å². The molecule has 0 spiro atoms. The largest absolute Gasteiger partial charge is 0.423 e. The van der Waals surface area contributed by atoms with Gasteiger partial charge in [-0.2, -0.15) is 0 Å². The number of nitrogens with zero attached hydrogens (tertiary/aromatic N) is 3. The Kier molecular flexibility index (Phi) is 5.24. The smallest absolute Gasteiger partial charge is 0.336 e. The van der Waals surface area contributed by atoms with Crippen molar-refractivity contribution in [2.75, 3.05) is 0 Å². The topological polar surface area (TPSA) is 60.9 Å². The second kappa shape index (κ2) is 7.81. The number of benzene rings is 2. The first kappa shape index (κ1) is 18.8. The van der Waals surface area contributed by atoms with Gasteiger partial charge in [-0.15, -0.1) is 10.2 Å². The van der Waals surface area contributed by atoms with Crippen LogP contribution in [0.3, 0.4) is 0 Å². The van der Waals surface area contributed by atoms with Gasteiger partial charge in [0.2, 0.25) is 0 Å². The molecule has 2 heterocycles. The predicted octanol–water partition coefficient (Wildman–Crippen LogP) is 4.77. The summed E-state index contributed by atoms with van der Waals surface area (Å²) in [5.74, 6) is 1.46. The lowest BCUT2D eigenvalue weighted by atomic mass is 10.1. The summed E-state index contributed by atoms with van der Waals surface area (Å²) in [5, 5.41) is 10.9. The standard InChI is InChI=1S/C21H18ClN3O2S/c1-13-8-18-16(11-17(13)22)15(10-20(26)27-18)12-28-21-24-23-19(25(21)2)9-14-6-4-3-5-7-14/h3-8,10-11H,9,12H2,1-2H3. The molecular formula is C21H18ClN3O2S. The minimum atomic E-state index is -0.368. The summed E-state index contributed by atoms with van der Waals surface area (Å²) in [5.41, 5.74) is 3.11. The summed E-state index contributed by atoms with van der Waals surface area (Å²) in [6.45, 7) is 1.89. The Hall–Kier alpha value is -2.57. The van der Waals surface area contributed by atoms with Crippen LogP contribution in [0.1, 0.15) is 22.5 Å². The molecule has 5 nitrogen and oxygen atoms in total. The zero-order valence-corrected chi connectivity index (χ0v) is 17.0. The van der Waals surface area contributed by atoms with E-state index in [9.17, 15) is 4.79 Å². The molecule has 0 aliphatic heterocycles. The molecule has 2 aromatic heterocycles. The Morgan fingerprint density at radius 1 is 1.14 bits per heavy atom. The quantitative estimate of drug-likeness (QED) is 0.350. The Morgan fingerprint density at radius 2 is 1.93 bits per heavy atom. The molecule has 0 aliphatic carbocycles. The predicted molar refractivity (Wildman–Crippen MR) is 112 cm³/mol. The third-order valence-corrected chi connectivity index (χ3v) is 6.07. The third-order valence-electron chi connectivity index (χ3n) is 4.60. The fourth-order valence-corrected chi connectivity index (χ4v) is 4.10. The molecule has 0 saturated heterocycles. The van der Waals surface area contributed by atoms with Crippen LogP contribution < -0.4 is 5.63 Å². The molecule has 0 fully saturated rings. The Morgan fingerprint density at radius 3 is 2.71 bits per heavy atom. The first-order chi connectivity index (χ1) is 13.5. The van der Waals surface area contributed by atoms with Crippen LogP contribution in [0, 0.1) is 6.92 Å². The second-order valence-corrected chi connectivity index (χ2v) is 7.95. The van der Waals surface area contributed by atoms with Crippen molar-refractivity contribution < 1.29 is 4.42 Å². The Balaban J connectivity index is 1.58. The Bertz CT molecular complexity index is 1200. The van der Waals surface area contributed by atoms with E-state index in [1.807, 2.05) is 42.8 Å². The fraction of sp³-hybridized carbons (Fsp3) is 0.190. The lowest BCUT2D eigenvalue weighted by Crippen LogP contribution is -2.02. The molecule has 0 unspecified atom stereocenters. The number of fused-ring (bicyclic) bond motifs is 1. The van der Waals surface area contributed by atoms with Crippen molar-refractivity contribution >= 4 is 34.3 Å². The highest BCUT2D eigenvalue weighted by molar-refractivity contribution is 7.98. The summed E-state index contributed by atoms with van der Waals surface area (Å²) in [6, 6.07) is 15.3. The van der Waals surface area contributed by atoms with Crippen LogP contribution in [0.5, 0.6) is 0 Å². The van der Waals surface area contributed by atoms with Gasteiger partial charge in [-0.05, 0) is 35.7 Å². The summed E-state index contributed by atoms with van der Waals surface area (Å²) < 4.78 is 7.32. The van der Waals surface area contributed by atoms with Crippen molar-refractivity contribution in [2.24, 2.45) is 7.05 Å². The van der Waals surface area contributed by atoms with Gasteiger partial charge in [-0.25, -0.2) is 4.79 Å². The van der Waals surface area contributed by atoms with E-state index in [2.05, 4.69) is 22.3 Å². The molecule has 142 valence electrons. The van der Waals surface area contributed by atoms with E-state index in [1.54, 1.807) is 6.07 Å². The monoisotopic (exact) mass is 411 g/mol. The zero-order valence-electron chi connectivity index (χ0n) is 15.5. The molecule has 0 saturated carbocycles. The van der Waals surface area contributed by atoms with Gasteiger partial charge in [0.1, 0.15) is 11.4 Å². The van der Waals surface area contributed by atoms with Crippen molar-refractivity contribution in [3.05, 3.63) is 86.5 Å². The molecule has 0 bridgehead atoms. The van der Waals surface area contributed by atoms with E-state index in [-0.39, 0.29) is 5.63 Å². The molecule has 0 aliphatic rings. The molecule has 28 heavy (non-hydrogen) atoms. The number of aryl methyl sites for hydroxylation is 1. The van der Waals surface area contributed by atoms with Crippen molar-refractivity contribution in [1.29, 1.82) is 0 Å². The maximum Gasteiger partial charge on any atom is 0.336 e. The van der Waals surface area contributed by atoms with Crippen LogP contribution in [-0.4, -0.2) is 14.8 Å². The van der Waals surface area contributed by atoms with Crippen molar-refractivity contribution in [1.82, 2.24) is 14.8 Å².